The van der Waals surface area contributed by atoms with Crippen molar-refractivity contribution < 1.29 is 28.9 Å². The largest absolute Gasteiger partial charge is 0.507 e. The zero-order chi connectivity index (χ0) is 26.3. The number of anilines is 1. The van der Waals surface area contributed by atoms with Gasteiger partial charge in [-0.15, -0.1) is 0 Å². The highest BCUT2D eigenvalue weighted by atomic mass is 16.5. The molecule has 1 atom stereocenters. The Kier molecular flexibility index (Phi) is 6.38. The number of ether oxygens (including phenoxy) is 3. The van der Waals surface area contributed by atoms with E-state index in [1.54, 1.807) is 30.3 Å². The van der Waals surface area contributed by atoms with Gasteiger partial charge in [-0.1, -0.05) is 32.0 Å². The van der Waals surface area contributed by atoms with Gasteiger partial charge in [0.2, 0.25) is 0 Å². The Hall–Kier alpha value is -4.26. The second kappa shape index (κ2) is 9.65. The smallest absolute Gasteiger partial charge is 0.300 e. The van der Waals surface area contributed by atoms with E-state index in [-0.39, 0.29) is 11.3 Å². The fraction of sp³-hybridized carbons (Fsp3) is 0.267. The Balaban J connectivity index is 1.70. The van der Waals surface area contributed by atoms with Crippen LogP contribution in [0.15, 0.2) is 66.2 Å². The van der Waals surface area contributed by atoms with Gasteiger partial charge in [-0.2, -0.15) is 0 Å². The normalized spacial score (nSPS) is 18.2. The fourth-order valence-corrected chi connectivity index (χ4v) is 4.95. The number of carbonyl (C=O) groups is 2. The summed E-state index contributed by atoms with van der Waals surface area (Å²) < 4.78 is 16.5. The maximum Gasteiger partial charge on any atom is 0.300 e. The van der Waals surface area contributed by atoms with Crippen LogP contribution in [-0.4, -0.2) is 37.6 Å². The topological polar surface area (TPSA) is 85.3 Å². The van der Waals surface area contributed by atoms with Gasteiger partial charge in [0, 0.05) is 17.7 Å². The van der Waals surface area contributed by atoms with Crippen molar-refractivity contribution in [1.29, 1.82) is 0 Å². The molecule has 7 nitrogen and oxygen atoms in total. The fourth-order valence-electron chi connectivity index (χ4n) is 4.95. The number of carbonyl (C=O) groups excluding carboxylic acids is 2. The third kappa shape index (κ3) is 4.20. The average molecular weight is 500 g/mol. The number of hydrogen-bond donors (Lipinski definition) is 1. The molecule has 0 radical (unpaired) electrons. The molecule has 2 aliphatic rings. The number of fused-ring (bicyclic) bond motifs is 1. The molecule has 5 rings (SSSR count). The van der Waals surface area contributed by atoms with Gasteiger partial charge in [0.25, 0.3) is 11.7 Å². The Morgan fingerprint density at radius 1 is 0.973 bits per heavy atom. The van der Waals surface area contributed by atoms with E-state index in [2.05, 4.69) is 13.8 Å². The minimum atomic E-state index is -0.866. The molecule has 2 heterocycles. The van der Waals surface area contributed by atoms with E-state index in [9.17, 15) is 14.7 Å². The van der Waals surface area contributed by atoms with Gasteiger partial charge in [-0.25, -0.2) is 0 Å². The van der Waals surface area contributed by atoms with Crippen LogP contribution in [0.3, 0.4) is 0 Å². The molecule has 3 aromatic rings. The van der Waals surface area contributed by atoms with E-state index < -0.39 is 17.7 Å². The quantitative estimate of drug-likeness (QED) is 0.278. The van der Waals surface area contributed by atoms with Gasteiger partial charge in [-0.05, 0) is 65.1 Å². The van der Waals surface area contributed by atoms with Gasteiger partial charge < -0.3 is 19.3 Å². The van der Waals surface area contributed by atoms with Crippen molar-refractivity contribution in [3.05, 3.63) is 88.5 Å². The molecule has 1 amide bonds. The van der Waals surface area contributed by atoms with Crippen molar-refractivity contribution >= 4 is 23.1 Å². The SMILES string of the molecule is COc1ccc(C2/C(=C(\O)c3ccc4c(c3)CCO4)C(=O)C(=O)N2c2ccc(C(C)C)cc2)cc1OC. The Morgan fingerprint density at radius 3 is 2.38 bits per heavy atom. The maximum atomic E-state index is 13.5. The van der Waals surface area contributed by atoms with Crippen molar-refractivity contribution in [2.24, 2.45) is 0 Å². The van der Waals surface area contributed by atoms with Crippen LogP contribution in [0.1, 0.15) is 48.1 Å². The number of Topliss-reactive ketones (excluding diaryl/α,β-unsaturated/α-hetero) is 1. The molecular formula is C30H29NO6. The Morgan fingerprint density at radius 2 is 1.70 bits per heavy atom. The number of aliphatic hydroxyl groups is 1. The van der Waals surface area contributed by atoms with Crippen LogP contribution >= 0.6 is 0 Å². The molecule has 0 spiro atoms. The average Bonchev–Trinajstić information content (AvgIpc) is 3.49. The molecule has 0 saturated carbocycles. The molecule has 1 N–H and O–H groups in total. The van der Waals surface area contributed by atoms with Crippen molar-refractivity contribution in [2.75, 3.05) is 25.7 Å². The van der Waals surface area contributed by atoms with E-state index in [0.29, 0.717) is 47.3 Å². The molecule has 190 valence electrons. The number of amides is 1. The number of benzene rings is 3. The summed E-state index contributed by atoms with van der Waals surface area (Å²) in [5.74, 6) is 0.367. The lowest BCUT2D eigenvalue weighted by atomic mass is 9.94. The van der Waals surface area contributed by atoms with Gasteiger partial charge in [0.15, 0.2) is 11.5 Å². The first-order valence-corrected chi connectivity index (χ1v) is 12.2. The van der Waals surface area contributed by atoms with E-state index in [1.807, 2.05) is 30.3 Å². The van der Waals surface area contributed by atoms with Gasteiger partial charge in [0.05, 0.1) is 32.4 Å². The number of aliphatic hydroxyl groups excluding tert-OH is 1. The lowest BCUT2D eigenvalue weighted by molar-refractivity contribution is -0.132. The molecule has 0 bridgehead atoms. The number of ketones is 1. The zero-order valence-electron chi connectivity index (χ0n) is 21.3. The molecule has 3 aromatic carbocycles. The molecule has 1 unspecified atom stereocenters. The molecule has 0 aromatic heterocycles. The third-order valence-corrected chi connectivity index (χ3v) is 6.97. The van der Waals surface area contributed by atoms with Gasteiger partial charge in [-0.3, -0.25) is 14.5 Å². The number of rotatable bonds is 6. The highest BCUT2D eigenvalue weighted by Gasteiger charge is 2.47. The van der Waals surface area contributed by atoms with Crippen molar-refractivity contribution in [3.8, 4) is 17.2 Å². The summed E-state index contributed by atoms with van der Waals surface area (Å²) in [5.41, 5.74) is 3.71. The summed E-state index contributed by atoms with van der Waals surface area (Å²) in [6.45, 7) is 4.75. The maximum absolute atomic E-state index is 13.5. The molecule has 1 fully saturated rings. The summed E-state index contributed by atoms with van der Waals surface area (Å²) >= 11 is 0. The molecule has 7 heteroatoms. The highest BCUT2D eigenvalue weighted by molar-refractivity contribution is 6.51. The van der Waals surface area contributed by atoms with Crippen LogP contribution < -0.4 is 19.1 Å². The lowest BCUT2D eigenvalue weighted by Crippen LogP contribution is -2.29. The van der Waals surface area contributed by atoms with Crippen LogP contribution in [0.4, 0.5) is 5.69 Å². The molecule has 1 saturated heterocycles. The number of hydrogen-bond acceptors (Lipinski definition) is 6. The van der Waals surface area contributed by atoms with E-state index in [1.165, 1.54) is 19.1 Å². The second-order valence-corrected chi connectivity index (χ2v) is 9.45. The van der Waals surface area contributed by atoms with Crippen LogP contribution in [0.5, 0.6) is 17.2 Å². The number of nitrogens with zero attached hydrogens (tertiary/aromatic N) is 1. The summed E-state index contributed by atoms with van der Waals surface area (Å²) in [6.07, 6.45) is 0.714. The first kappa shape index (κ1) is 24.4. The lowest BCUT2D eigenvalue weighted by Gasteiger charge is -2.26. The van der Waals surface area contributed by atoms with E-state index >= 15 is 0 Å². The van der Waals surface area contributed by atoms with Crippen LogP contribution in [0.25, 0.3) is 5.76 Å². The highest BCUT2D eigenvalue weighted by Crippen LogP contribution is 2.44. The first-order chi connectivity index (χ1) is 17.8. The summed E-state index contributed by atoms with van der Waals surface area (Å²) in [5, 5.41) is 11.5. The standard InChI is InChI=1S/C30H29NO6/c1-17(2)18-5-9-22(10-6-18)31-27(20-7-12-24(35-3)25(16-20)36-4)26(29(33)30(31)34)28(32)21-8-11-23-19(15-21)13-14-37-23/h5-12,15-17,27,32H,13-14H2,1-4H3/b28-26+. The zero-order valence-corrected chi connectivity index (χ0v) is 21.3. The predicted molar refractivity (Wildman–Crippen MR) is 141 cm³/mol. The predicted octanol–water partition coefficient (Wildman–Crippen LogP) is 5.39. The van der Waals surface area contributed by atoms with Crippen LogP contribution in [-0.2, 0) is 16.0 Å². The summed E-state index contributed by atoms with van der Waals surface area (Å²) in [6, 6.07) is 17.2. The Labute approximate surface area is 215 Å². The molecule has 37 heavy (non-hydrogen) atoms. The first-order valence-electron chi connectivity index (χ1n) is 12.2. The van der Waals surface area contributed by atoms with Crippen LogP contribution in [0.2, 0.25) is 0 Å². The van der Waals surface area contributed by atoms with Crippen molar-refractivity contribution in [3.63, 3.8) is 0 Å². The molecule has 2 aliphatic heterocycles. The monoisotopic (exact) mass is 499 g/mol. The number of methoxy groups -OCH3 is 2. The van der Waals surface area contributed by atoms with Gasteiger partial charge >= 0.3 is 0 Å². The minimum Gasteiger partial charge on any atom is -0.507 e. The summed E-state index contributed by atoms with van der Waals surface area (Å²) in [4.78, 5) is 28.4. The third-order valence-electron chi connectivity index (χ3n) is 6.97. The molecule has 0 aliphatic carbocycles. The van der Waals surface area contributed by atoms with Crippen LogP contribution in [0, 0.1) is 0 Å². The van der Waals surface area contributed by atoms with Gasteiger partial charge in [0.1, 0.15) is 11.5 Å². The summed E-state index contributed by atoms with van der Waals surface area (Å²) in [7, 11) is 3.06. The van der Waals surface area contributed by atoms with E-state index in [0.717, 1.165) is 16.9 Å². The second-order valence-electron chi connectivity index (χ2n) is 9.45. The van der Waals surface area contributed by atoms with Crippen molar-refractivity contribution in [1.82, 2.24) is 0 Å². The van der Waals surface area contributed by atoms with E-state index in [4.69, 9.17) is 14.2 Å². The molecular weight excluding hydrogens is 470 g/mol. The van der Waals surface area contributed by atoms with Crippen molar-refractivity contribution in [2.45, 2.75) is 32.2 Å². The minimum absolute atomic E-state index is 0.0176. The Bertz CT molecular complexity index is 1410.